The molecule has 1 heterocycles. The van der Waals surface area contributed by atoms with Crippen molar-refractivity contribution in [1.82, 2.24) is 15.1 Å². The van der Waals surface area contributed by atoms with Crippen LogP contribution < -0.4 is 5.32 Å². The first-order valence-corrected chi connectivity index (χ1v) is 8.30. The van der Waals surface area contributed by atoms with Crippen molar-refractivity contribution < 1.29 is 5.11 Å². The number of benzene rings is 1. The first kappa shape index (κ1) is 15.3. The molecule has 0 saturated heterocycles. The van der Waals surface area contributed by atoms with Crippen LogP contribution in [0.4, 0.5) is 0 Å². The molecule has 0 radical (unpaired) electrons. The second-order valence-electron chi connectivity index (χ2n) is 6.19. The fourth-order valence-electron chi connectivity index (χ4n) is 3.31. The Morgan fingerprint density at radius 2 is 1.95 bits per heavy atom. The largest absolute Gasteiger partial charge is 0.396 e. The van der Waals surface area contributed by atoms with Gasteiger partial charge in [0.25, 0.3) is 0 Å². The maximum atomic E-state index is 9.58. The van der Waals surface area contributed by atoms with E-state index in [4.69, 9.17) is 0 Å². The molecule has 0 amide bonds. The van der Waals surface area contributed by atoms with Crippen molar-refractivity contribution in [3.8, 4) is 5.69 Å². The van der Waals surface area contributed by atoms with E-state index in [2.05, 4.69) is 34.7 Å². The van der Waals surface area contributed by atoms with Gasteiger partial charge in [0.15, 0.2) is 0 Å². The van der Waals surface area contributed by atoms with Crippen LogP contribution in [0.15, 0.2) is 42.7 Å². The Labute approximate surface area is 132 Å². The summed E-state index contributed by atoms with van der Waals surface area (Å²) < 4.78 is 1.87. The van der Waals surface area contributed by atoms with Gasteiger partial charge in [0.05, 0.1) is 5.69 Å². The van der Waals surface area contributed by atoms with Gasteiger partial charge >= 0.3 is 0 Å². The minimum absolute atomic E-state index is 0.301. The molecule has 1 fully saturated rings. The maximum Gasteiger partial charge on any atom is 0.0645 e. The summed E-state index contributed by atoms with van der Waals surface area (Å²) in [7, 11) is 0. The minimum atomic E-state index is 0.301. The van der Waals surface area contributed by atoms with Crippen molar-refractivity contribution >= 4 is 0 Å². The van der Waals surface area contributed by atoms with E-state index in [0.29, 0.717) is 18.6 Å². The lowest BCUT2D eigenvalue weighted by Crippen LogP contribution is -2.36. The Hall–Kier alpha value is -1.65. The van der Waals surface area contributed by atoms with Gasteiger partial charge in [-0.05, 0) is 42.5 Å². The molecule has 3 rings (SSSR count). The maximum absolute atomic E-state index is 9.58. The summed E-state index contributed by atoms with van der Waals surface area (Å²) in [6, 6.07) is 10.9. The predicted octanol–water partition coefficient (Wildman–Crippen LogP) is 2.90. The SMILES string of the molecule is OC[C@@H]1CCCCC[C@@H]1NCc1ccc(-n2cccn2)cc1. The van der Waals surface area contributed by atoms with Crippen molar-refractivity contribution in [2.24, 2.45) is 5.92 Å². The molecule has 2 atom stereocenters. The Bertz CT molecular complexity index is 550. The van der Waals surface area contributed by atoms with Gasteiger partial charge in [0, 0.05) is 31.6 Å². The third-order valence-electron chi connectivity index (χ3n) is 4.67. The van der Waals surface area contributed by atoms with Gasteiger partial charge in [0.2, 0.25) is 0 Å². The quantitative estimate of drug-likeness (QED) is 0.835. The van der Waals surface area contributed by atoms with E-state index in [0.717, 1.165) is 18.7 Å². The van der Waals surface area contributed by atoms with E-state index in [1.165, 1.54) is 31.2 Å². The van der Waals surface area contributed by atoms with E-state index >= 15 is 0 Å². The predicted molar refractivity (Wildman–Crippen MR) is 87.9 cm³/mol. The lowest BCUT2D eigenvalue weighted by molar-refractivity contribution is 0.181. The van der Waals surface area contributed by atoms with Crippen LogP contribution in [0.25, 0.3) is 5.69 Å². The van der Waals surface area contributed by atoms with Crippen molar-refractivity contribution in [2.45, 2.75) is 44.7 Å². The Morgan fingerprint density at radius 1 is 1.14 bits per heavy atom. The molecule has 4 nitrogen and oxygen atoms in total. The zero-order chi connectivity index (χ0) is 15.2. The first-order chi connectivity index (χ1) is 10.9. The van der Waals surface area contributed by atoms with Gasteiger partial charge in [-0.15, -0.1) is 0 Å². The topological polar surface area (TPSA) is 50.1 Å². The van der Waals surface area contributed by atoms with Gasteiger partial charge in [-0.1, -0.05) is 31.4 Å². The molecule has 1 aromatic carbocycles. The van der Waals surface area contributed by atoms with Crippen molar-refractivity contribution in [2.75, 3.05) is 6.61 Å². The van der Waals surface area contributed by atoms with E-state index in [9.17, 15) is 5.11 Å². The minimum Gasteiger partial charge on any atom is -0.396 e. The number of aliphatic hydroxyl groups excluding tert-OH is 1. The molecule has 1 aromatic heterocycles. The van der Waals surface area contributed by atoms with Crippen LogP contribution in [0.5, 0.6) is 0 Å². The molecule has 2 aromatic rings. The van der Waals surface area contributed by atoms with Crippen LogP contribution in [0.3, 0.4) is 0 Å². The standard InChI is InChI=1S/C18H25N3O/c22-14-16-5-2-1-3-6-18(16)19-13-15-7-9-17(10-8-15)21-12-4-11-20-21/h4,7-12,16,18-19,22H,1-3,5-6,13-14H2/t16-,18-/m0/s1. The molecule has 0 unspecified atom stereocenters. The number of hydrogen-bond donors (Lipinski definition) is 2. The van der Waals surface area contributed by atoms with Crippen molar-refractivity contribution in [3.05, 3.63) is 48.3 Å². The Balaban J connectivity index is 1.58. The summed E-state index contributed by atoms with van der Waals surface area (Å²) in [6.07, 6.45) is 9.88. The fourth-order valence-corrected chi connectivity index (χ4v) is 3.31. The summed E-state index contributed by atoms with van der Waals surface area (Å²) in [5.74, 6) is 0.408. The summed E-state index contributed by atoms with van der Waals surface area (Å²) in [5, 5.41) is 17.5. The normalized spacial score (nSPS) is 22.4. The second-order valence-corrected chi connectivity index (χ2v) is 6.19. The molecule has 22 heavy (non-hydrogen) atoms. The molecular formula is C18H25N3O. The monoisotopic (exact) mass is 299 g/mol. The molecule has 0 bridgehead atoms. The third-order valence-corrected chi connectivity index (χ3v) is 4.67. The highest BCUT2D eigenvalue weighted by molar-refractivity contribution is 5.33. The molecule has 118 valence electrons. The highest BCUT2D eigenvalue weighted by Crippen LogP contribution is 2.23. The van der Waals surface area contributed by atoms with Gasteiger partial charge in [-0.25, -0.2) is 4.68 Å². The Kier molecular flexibility index (Phi) is 5.24. The van der Waals surface area contributed by atoms with Crippen molar-refractivity contribution in [3.63, 3.8) is 0 Å². The van der Waals surface area contributed by atoms with Gasteiger partial charge in [0.1, 0.15) is 0 Å². The van der Waals surface area contributed by atoms with Crippen LogP contribution in [0.1, 0.15) is 37.7 Å². The van der Waals surface area contributed by atoms with Gasteiger partial charge < -0.3 is 10.4 Å². The summed E-state index contributed by atoms with van der Waals surface area (Å²) >= 11 is 0. The first-order valence-electron chi connectivity index (χ1n) is 8.30. The zero-order valence-corrected chi connectivity index (χ0v) is 13.0. The summed E-state index contributed by atoms with van der Waals surface area (Å²) in [6.45, 7) is 1.16. The van der Waals surface area contributed by atoms with Crippen LogP contribution in [-0.2, 0) is 6.54 Å². The number of rotatable bonds is 5. The summed E-state index contributed by atoms with van der Waals surface area (Å²) in [4.78, 5) is 0. The molecule has 1 saturated carbocycles. The third kappa shape index (κ3) is 3.76. The van der Waals surface area contributed by atoms with E-state index in [1.807, 2.05) is 16.9 Å². The number of hydrogen-bond acceptors (Lipinski definition) is 3. The van der Waals surface area contributed by atoms with Crippen molar-refractivity contribution in [1.29, 1.82) is 0 Å². The van der Waals surface area contributed by atoms with E-state index in [-0.39, 0.29) is 0 Å². The highest BCUT2D eigenvalue weighted by Gasteiger charge is 2.22. The lowest BCUT2D eigenvalue weighted by atomic mass is 9.95. The highest BCUT2D eigenvalue weighted by atomic mass is 16.3. The fraction of sp³-hybridized carbons (Fsp3) is 0.500. The Morgan fingerprint density at radius 3 is 2.68 bits per heavy atom. The molecule has 0 aliphatic heterocycles. The molecule has 1 aliphatic rings. The molecule has 0 spiro atoms. The lowest BCUT2D eigenvalue weighted by Gasteiger charge is -2.24. The van der Waals surface area contributed by atoms with Crippen LogP contribution in [0.2, 0.25) is 0 Å². The molecule has 2 N–H and O–H groups in total. The average molecular weight is 299 g/mol. The van der Waals surface area contributed by atoms with Gasteiger partial charge in [-0.2, -0.15) is 5.10 Å². The zero-order valence-electron chi connectivity index (χ0n) is 13.0. The van der Waals surface area contributed by atoms with Gasteiger partial charge in [-0.3, -0.25) is 0 Å². The van der Waals surface area contributed by atoms with Crippen LogP contribution in [0, 0.1) is 5.92 Å². The number of aromatic nitrogens is 2. The van der Waals surface area contributed by atoms with E-state index in [1.54, 1.807) is 6.20 Å². The molecule has 4 heteroatoms. The van der Waals surface area contributed by atoms with Crippen LogP contribution >= 0.6 is 0 Å². The molecular weight excluding hydrogens is 274 g/mol. The van der Waals surface area contributed by atoms with Crippen LogP contribution in [-0.4, -0.2) is 27.5 Å². The average Bonchev–Trinajstić information content (AvgIpc) is 3.00. The van der Waals surface area contributed by atoms with E-state index < -0.39 is 0 Å². The second kappa shape index (κ2) is 7.56. The number of aliphatic hydroxyl groups is 1. The molecule has 1 aliphatic carbocycles. The number of nitrogens with one attached hydrogen (secondary N) is 1. The summed E-state index contributed by atoms with van der Waals surface area (Å²) in [5.41, 5.74) is 2.35. The smallest absolute Gasteiger partial charge is 0.0645 e. The number of nitrogens with zero attached hydrogens (tertiary/aromatic N) is 2.